The minimum atomic E-state index is -3.39. The predicted molar refractivity (Wildman–Crippen MR) is 69.4 cm³/mol. The maximum absolute atomic E-state index is 12.3. The smallest absolute Gasteiger partial charge is 0.207 e. The van der Waals surface area contributed by atoms with E-state index in [1.807, 2.05) is 6.07 Å². The van der Waals surface area contributed by atoms with Gasteiger partial charge < -0.3 is 5.73 Å². The summed E-state index contributed by atoms with van der Waals surface area (Å²) < 4.78 is 25.3. The van der Waals surface area contributed by atoms with Crippen LogP contribution in [0.1, 0.15) is 0 Å². The highest BCUT2D eigenvalue weighted by atomic mass is 79.9. The van der Waals surface area contributed by atoms with E-state index < -0.39 is 9.84 Å². The van der Waals surface area contributed by atoms with E-state index >= 15 is 0 Å². The lowest BCUT2D eigenvalue weighted by molar-refractivity contribution is 0.598. The number of benzene rings is 2. The first-order chi connectivity index (χ1) is 8.00. The lowest BCUT2D eigenvalue weighted by Crippen LogP contribution is -1.96. The summed E-state index contributed by atoms with van der Waals surface area (Å²) in [6.45, 7) is 0. The fourth-order valence-electron chi connectivity index (χ4n) is 2.05. The van der Waals surface area contributed by atoms with Crippen LogP contribution in [0.2, 0.25) is 0 Å². The van der Waals surface area contributed by atoms with Crippen LogP contribution in [0.25, 0.3) is 11.1 Å². The van der Waals surface area contributed by atoms with Crippen molar-refractivity contribution in [1.82, 2.24) is 0 Å². The first kappa shape index (κ1) is 10.8. The van der Waals surface area contributed by atoms with E-state index in [4.69, 9.17) is 5.73 Å². The van der Waals surface area contributed by atoms with Crippen molar-refractivity contribution in [2.75, 3.05) is 5.73 Å². The van der Waals surface area contributed by atoms with Gasteiger partial charge in [0.1, 0.15) is 0 Å². The molecule has 3 nitrogen and oxygen atoms in total. The first-order valence-corrected chi connectivity index (χ1v) is 7.22. The maximum atomic E-state index is 12.3. The Labute approximate surface area is 107 Å². The fourth-order valence-corrected chi connectivity index (χ4v) is 4.26. The van der Waals surface area contributed by atoms with Gasteiger partial charge >= 0.3 is 0 Å². The molecule has 0 radical (unpaired) electrons. The number of hydrogen-bond acceptors (Lipinski definition) is 3. The Morgan fingerprint density at radius 1 is 0.941 bits per heavy atom. The van der Waals surface area contributed by atoms with Gasteiger partial charge in [0.25, 0.3) is 0 Å². The molecular weight excluding hydrogens is 302 g/mol. The average Bonchev–Trinajstić information content (AvgIpc) is 2.48. The van der Waals surface area contributed by atoms with Crippen molar-refractivity contribution in [2.24, 2.45) is 0 Å². The molecule has 0 aliphatic carbocycles. The van der Waals surface area contributed by atoms with Crippen LogP contribution in [-0.4, -0.2) is 8.42 Å². The zero-order valence-corrected chi connectivity index (χ0v) is 11.0. The average molecular weight is 310 g/mol. The molecule has 2 N–H and O–H groups in total. The molecule has 0 aromatic heterocycles. The number of nitrogens with two attached hydrogens (primary N) is 1. The molecule has 0 saturated heterocycles. The number of sulfone groups is 1. The summed E-state index contributed by atoms with van der Waals surface area (Å²) in [6.07, 6.45) is 0. The molecule has 1 aliphatic rings. The highest BCUT2D eigenvalue weighted by molar-refractivity contribution is 9.10. The Morgan fingerprint density at radius 3 is 2.47 bits per heavy atom. The van der Waals surface area contributed by atoms with Crippen molar-refractivity contribution in [3.05, 3.63) is 40.9 Å². The lowest BCUT2D eigenvalue weighted by atomic mass is 10.1. The van der Waals surface area contributed by atoms with Crippen molar-refractivity contribution in [3.63, 3.8) is 0 Å². The molecule has 0 saturated carbocycles. The summed E-state index contributed by atoms with van der Waals surface area (Å²) in [4.78, 5) is 0.673. The molecule has 0 fully saturated rings. The van der Waals surface area contributed by atoms with E-state index in [-0.39, 0.29) is 0 Å². The standard InChI is InChI=1S/C12H8BrNO2S/c13-7-1-3-9-10-6-8(14)2-4-11(10)17(15,16)12(9)5-7/h1-6H,14H2. The Morgan fingerprint density at radius 2 is 1.71 bits per heavy atom. The number of nitrogen functional groups attached to an aromatic ring is 1. The summed E-state index contributed by atoms with van der Waals surface area (Å²) in [6, 6.07) is 10.1. The lowest BCUT2D eigenvalue weighted by Gasteiger charge is -1.99. The van der Waals surface area contributed by atoms with Crippen LogP contribution in [0.4, 0.5) is 5.69 Å². The van der Waals surface area contributed by atoms with Crippen LogP contribution in [0.15, 0.2) is 50.7 Å². The Bertz CT molecular complexity index is 738. The summed E-state index contributed by atoms with van der Waals surface area (Å²) in [5, 5.41) is 0. The summed E-state index contributed by atoms with van der Waals surface area (Å²) in [7, 11) is -3.39. The molecule has 0 spiro atoms. The predicted octanol–water partition coefficient (Wildman–Crippen LogP) is 2.84. The van der Waals surface area contributed by atoms with E-state index in [1.54, 1.807) is 30.3 Å². The first-order valence-electron chi connectivity index (χ1n) is 4.95. The topological polar surface area (TPSA) is 60.2 Å². The molecule has 0 bridgehead atoms. The van der Waals surface area contributed by atoms with Gasteiger partial charge in [-0.2, -0.15) is 0 Å². The highest BCUT2D eigenvalue weighted by Crippen LogP contribution is 2.44. The summed E-state index contributed by atoms with van der Waals surface area (Å²) >= 11 is 3.29. The van der Waals surface area contributed by atoms with E-state index in [2.05, 4.69) is 15.9 Å². The molecule has 2 aromatic carbocycles. The van der Waals surface area contributed by atoms with Gasteiger partial charge in [-0.25, -0.2) is 8.42 Å². The number of rotatable bonds is 0. The molecule has 1 aliphatic heterocycles. The second-order valence-corrected chi connectivity index (χ2v) is 6.70. The molecule has 17 heavy (non-hydrogen) atoms. The minimum absolute atomic E-state index is 0.333. The Kier molecular flexibility index (Phi) is 2.12. The molecule has 3 rings (SSSR count). The van der Waals surface area contributed by atoms with Gasteiger partial charge in [0.2, 0.25) is 9.84 Å². The van der Waals surface area contributed by atoms with Crippen molar-refractivity contribution in [3.8, 4) is 11.1 Å². The maximum Gasteiger partial charge on any atom is 0.207 e. The highest BCUT2D eigenvalue weighted by Gasteiger charge is 2.32. The molecule has 86 valence electrons. The van der Waals surface area contributed by atoms with Crippen molar-refractivity contribution < 1.29 is 8.42 Å². The number of anilines is 1. The van der Waals surface area contributed by atoms with E-state index in [0.29, 0.717) is 21.0 Å². The molecule has 1 heterocycles. The third-order valence-corrected chi connectivity index (χ3v) is 5.16. The van der Waals surface area contributed by atoms with Crippen LogP contribution in [0.3, 0.4) is 0 Å². The number of fused-ring (bicyclic) bond motifs is 3. The number of halogens is 1. The van der Waals surface area contributed by atoms with Gasteiger partial charge in [-0.05, 0) is 30.3 Å². The summed E-state index contributed by atoms with van der Waals surface area (Å²) in [5.41, 5.74) is 7.67. The van der Waals surface area contributed by atoms with Gasteiger partial charge in [-0.1, -0.05) is 22.0 Å². The van der Waals surface area contributed by atoms with Gasteiger partial charge in [-0.15, -0.1) is 0 Å². The SMILES string of the molecule is Nc1ccc2c(c1)-c1ccc(Br)cc1S2(=O)=O. The van der Waals surface area contributed by atoms with Crippen molar-refractivity contribution in [1.29, 1.82) is 0 Å². The molecule has 2 aromatic rings. The van der Waals surface area contributed by atoms with Crippen LogP contribution in [0.5, 0.6) is 0 Å². The fraction of sp³-hybridized carbons (Fsp3) is 0. The van der Waals surface area contributed by atoms with Crippen LogP contribution in [-0.2, 0) is 9.84 Å². The van der Waals surface area contributed by atoms with Crippen molar-refractivity contribution in [2.45, 2.75) is 9.79 Å². The Hall–Kier alpha value is -1.33. The van der Waals surface area contributed by atoms with E-state index in [9.17, 15) is 8.42 Å². The van der Waals surface area contributed by atoms with E-state index in [0.717, 1.165) is 10.0 Å². The molecular formula is C12H8BrNO2S. The Balaban J connectivity index is 2.47. The van der Waals surface area contributed by atoms with Crippen LogP contribution < -0.4 is 5.73 Å². The van der Waals surface area contributed by atoms with Crippen LogP contribution >= 0.6 is 15.9 Å². The minimum Gasteiger partial charge on any atom is -0.399 e. The second kappa shape index (κ2) is 3.34. The third-order valence-electron chi connectivity index (χ3n) is 2.82. The quantitative estimate of drug-likeness (QED) is 0.650. The molecule has 0 unspecified atom stereocenters. The van der Waals surface area contributed by atoms with E-state index in [1.165, 1.54) is 0 Å². The molecule has 0 amide bonds. The monoisotopic (exact) mass is 309 g/mol. The van der Waals surface area contributed by atoms with Crippen molar-refractivity contribution >= 4 is 31.5 Å². The van der Waals surface area contributed by atoms with Gasteiger partial charge in [0.05, 0.1) is 9.79 Å². The van der Waals surface area contributed by atoms with Gasteiger partial charge in [0, 0.05) is 21.3 Å². The second-order valence-electron chi connectivity index (χ2n) is 3.90. The normalized spacial score (nSPS) is 15.4. The zero-order chi connectivity index (χ0) is 12.2. The van der Waals surface area contributed by atoms with Gasteiger partial charge in [0.15, 0.2) is 0 Å². The zero-order valence-electron chi connectivity index (χ0n) is 8.64. The van der Waals surface area contributed by atoms with Gasteiger partial charge in [-0.3, -0.25) is 0 Å². The number of hydrogen-bond donors (Lipinski definition) is 1. The molecule has 5 heteroatoms. The molecule has 0 atom stereocenters. The summed E-state index contributed by atoms with van der Waals surface area (Å²) in [5.74, 6) is 0. The largest absolute Gasteiger partial charge is 0.399 e. The van der Waals surface area contributed by atoms with Crippen LogP contribution in [0, 0.1) is 0 Å². The third kappa shape index (κ3) is 1.42.